The Balaban J connectivity index is 4.10. The van der Waals surface area contributed by atoms with E-state index in [1.807, 2.05) is 0 Å². The van der Waals surface area contributed by atoms with Gasteiger partial charge in [0, 0.05) is 19.3 Å². The Bertz CT molecular complexity index is 1490. The highest BCUT2D eigenvalue weighted by molar-refractivity contribution is 5.71. The zero-order valence-corrected chi connectivity index (χ0v) is 54.1. The van der Waals surface area contributed by atoms with Gasteiger partial charge in [-0.1, -0.05) is 325 Å². The Morgan fingerprint density at radius 3 is 0.691 bits per heavy atom. The molecule has 0 aromatic carbocycles. The van der Waals surface area contributed by atoms with E-state index < -0.39 is 6.10 Å². The molecule has 1 unspecified atom stereocenters. The number of esters is 3. The summed E-state index contributed by atoms with van der Waals surface area (Å²) in [6.45, 7) is 6.63. The maximum atomic E-state index is 12.9. The number of rotatable bonds is 65. The van der Waals surface area contributed by atoms with Crippen LogP contribution in [0.1, 0.15) is 367 Å². The summed E-state index contributed by atoms with van der Waals surface area (Å²) < 4.78 is 16.9. The van der Waals surface area contributed by atoms with Gasteiger partial charge in [0.25, 0.3) is 0 Å². The third-order valence-corrected chi connectivity index (χ3v) is 15.7. The molecule has 0 rings (SSSR count). The van der Waals surface area contributed by atoms with Crippen LogP contribution in [0.2, 0.25) is 0 Å². The minimum absolute atomic E-state index is 0.0766. The third-order valence-electron chi connectivity index (χ3n) is 15.7. The van der Waals surface area contributed by atoms with Gasteiger partial charge in [0.05, 0.1) is 0 Å². The van der Waals surface area contributed by atoms with Crippen molar-refractivity contribution < 1.29 is 28.6 Å². The Labute approximate surface area is 503 Å². The molecule has 0 fully saturated rings. The molecule has 0 aromatic heterocycles. The average Bonchev–Trinajstić information content (AvgIpc) is 3.47. The lowest BCUT2D eigenvalue weighted by Gasteiger charge is -2.18. The van der Waals surface area contributed by atoms with Gasteiger partial charge >= 0.3 is 17.9 Å². The van der Waals surface area contributed by atoms with Crippen LogP contribution in [0.3, 0.4) is 0 Å². The SMILES string of the molecule is CCCCCCC/C=C\C/C=C\C/C=C\CCCCCCCCCCCCCCCCCCCCC(=O)OCC(COC(=O)CCCCCCCCCCC)OC(=O)CCCCCCCC/C=C\C/C=C\C/C=C\CCCCCCC. The topological polar surface area (TPSA) is 78.9 Å². The van der Waals surface area contributed by atoms with E-state index in [1.165, 1.54) is 238 Å². The fourth-order valence-corrected chi connectivity index (χ4v) is 10.3. The molecule has 6 heteroatoms. The number of hydrogen-bond acceptors (Lipinski definition) is 6. The summed E-state index contributed by atoms with van der Waals surface area (Å²) in [4.78, 5) is 38.3. The summed E-state index contributed by atoms with van der Waals surface area (Å²) in [5.41, 5.74) is 0. The summed E-state index contributed by atoms with van der Waals surface area (Å²) in [7, 11) is 0. The van der Waals surface area contributed by atoms with Crippen molar-refractivity contribution in [2.24, 2.45) is 0 Å². The number of carbonyl (C=O) groups excluding carboxylic acids is 3. The quantitative estimate of drug-likeness (QED) is 0.0261. The molecule has 0 saturated carbocycles. The molecule has 0 bridgehead atoms. The number of ether oxygens (including phenoxy) is 3. The maximum absolute atomic E-state index is 12.9. The first-order valence-corrected chi connectivity index (χ1v) is 35.4. The van der Waals surface area contributed by atoms with Crippen molar-refractivity contribution in [3.8, 4) is 0 Å². The van der Waals surface area contributed by atoms with E-state index in [9.17, 15) is 14.4 Å². The Kier molecular flexibility index (Phi) is 66.6. The molecule has 0 amide bonds. The second-order valence-corrected chi connectivity index (χ2v) is 23.8. The minimum Gasteiger partial charge on any atom is -0.462 e. The molecule has 0 aliphatic rings. The van der Waals surface area contributed by atoms with E-state index in [-0.39, 0.29) is 31.1 Å². The first-order chi connectivity index (χ1) is 40.0. The van der Waals surface area contributed by atoms with Crippen LogP contribution in [0.5, 0.6) is 0 Å². The molecule has 470 valence electrons. The van der Waals surface area contributed by atoms with Crippen LogP contribution in [-0.4, -0.2) is 37.2 Å². The van der Waals surface area contributed by atoms with Gasteiger partial charge in [-0.25, -0.2) is 0 Å². The lowest BCUT2D eigenvalue weighted by molar-refractivity contribution is -0.167. The highest BCUT2D eigenvalue weighted by atomic mass is 16.6. The minimum atomic E-state index is -0.780. The van der Waals surface area contributed by atoms with Crippen LogP contribution in [0.4, 0.5) is 0 Å². The summed E-state index contributed by atoms with van der Waals surface area (Å²) in [6.07, 6.45) is 90.9. The molecular weight excluding hydrogens is 997 g/mol. The molecular formula is C75H134O6. The van der Waals surface area contributed by atoms with Crippen LogP contribution >= 0.6 is 0 Å². The fourth-order valence-electron chi connectivity index (χ4n) is 10.3. The Morgan fingerprint density at radius 2 is 0.444 bits per heavy atom. The molecule has 0 radical (unpaired) electrons. The standard InChI is InChI=1S/C75H134O6/c1-4-7-10-13-16-19-21-23-25-27-29-31-32-33-34-35-36-37-38-39-40-41-42-44-45-47-49-51-53-56-59-62-65-68-74(77)80-71-72(70-79-73(76)67-64-61-58-55-18-15-12-9-6-3)81-75(78)69-66-63-60-57-54-52-50-48-46-43-30-28-26-24-22-20-17-14-11-8-5-2/h21-24,27-30,32-33,46,48,72H,4-20,25-26,31,34-45,47,49-71H2,1-3H3/b23-21-,24-22-,29-27-,30-28-,33-32-,48-46-. The normalized spacial score (nSPS) is 12.5. The van der Waals surface area contributed by atoms with E-state index in [0.717, 1.165) is 89.9 Å². The first kappa shape index (κ1) is 77.9. The molecule has 0 saturated heterocycles. The second kappa shape index (κ2) is 69.3. The third kappa shape index (κ3) is 67.5. The summed E-state index contributed by atoms with van der Waals surface area (Å²) in [5.74, 6) is -0.873. The van der Waals surface area contributed by atoms with Gasteiger partial charge in [-0.3, -0.25) is 14.4 Å². The number of allylic oxidation sites excluding steroid dienone is 12. The molecule has 0 N–H and O–H groups in total. The van der Waals surface area contributed by atoms with Gasteiger partial charge in [0.1, 0.15) is 13.2 Å². The van der Waals surface area contributed by atoms with E-state index >= 15 is 0 Å². The lowest BCUT2D eigenvalue weighted by atomic mass is 10.0. The zero-order valence-electron chi connectivity index (χ0n) is 54.1. The molecule has 6 nitrogen and oxygen atoms in total. The molecule has 0 aliphatic heterocycles. The second-order valence-electron chi connectivity index (χ2n) is 23.8. The van der Waals surface area contributed by atoms with Crippen molar-refractivity contribution in [2.75, 3.05) is 13.2 Å². The van der Waals surface area contributed by atoms with Gasteiger partial charge in [0.15, 0.2) is 6.10 Å². The zero-order chi connectivity index (χ0) is 58.5. The molecule has 0 heterocycles. The number of carbonyl (C=O) groups is 3. The van der Waals surface area contributed by atoms with Crippen LogP contribution in [0, 0.1) is 0 Å². The monoisotopic (exact) mass is 1130 g/mol. The fraction of sp³-hybridized carbons (Fsp3) is 0.800. The smallest absolute Gasteiger partial charge is 0.306 e. The van der Waals surface area contributed by atoms with E-state index in [0.29, 0.717) is 19.3 Å². The van der Waals surface area contributed by atoms with Gasteiger partial charge in [-0.2, -0.15) is 0 Å². The summed E-state index contributed by atoms with van der Waals surface area (Å²) in [6, 6.07) is 0. The summed E-state index contributed by atoms with van der Waals surface area (Å²) >= 11 is 0. The van der Waals surface area contributed by atoms with Gasteiger partial charge < -0.3 is 14.2 Å². The predicted molar refractivity (Wildman–Crippen MR) is 353 cm³/mol. The predicted octanol–water partition coefficient (Wildman–Crippen LogP) is 24.4. The Hall–Kier alpha value is -3.15. The largest absolute Gasteiger partial charge is 0.462 e. The number of hydrogen-bond donors (Lipinski definition) is 0. The van der Waals surface area contributed by atoms with Crippen molar-refractivity contribution in [3.63, 3.8) is 0 Å². The molecule has 1 atom stereocenters. The van der Waals surface area contributed by atoms with Crippen molar-refractivity contribution in [3.05, 3.63) is 72.9 Å². The van der Waals surface area contributed by atoms with Crippen LogP contribution in [0.15, 0.2) is 72.9 Å². The average molecular weight is 1130 g/mol. The van der Waals surface area contributed by atoms with Crippen molar-refractivity contribution >= 4 is 17.9 Å². The lowest BCUT2D eigenvalue weighted by Crippen LogP contribution is -2.30. The maximum Gasteiger partial charge on any atom is 0.306 e. The van der Waals surface area contributed by atoms with Crippen molar-refractivity contribution in [1.82, 2.24) is 0 Å². The van der Waals surface area contributed by atoms with E-state index in [1.54, 1.807) is 0 Å². The summed E-state index contributed by atoms with van der Waals surface area (Å²) in [5, 5.41) is 0. The molecule has 81 heavy (non-hydrogen) atoms. The van der Waals surface area contributed by atoms with E-state index in [2.05, 4.69) is 93.7 Å². The molecule has 0 spiro atoms. The van der Waals surface area contributed by atoms with Crippen molar-refractivity contribution in [1.29, 1.82) is 0 Å². The number of unbranched alkanes of at least 4 members (excludes halogenated alkanes) is 42. The van der Waals surface area contributed by atoms with Gasteiger partial charge in [0.2, 0.25) is 0 Å². The van der Waals surface area contributed by atoms with Gasteiger partial charge in [-0.05, 0) is 96.3 Å². The van der Waals surface area contributed by atoms with Crippen LogP contribution < -0.4 is 0 Å². The highest BCUT2D eigenvalue weighted by Crippen LogP contribution is 2.17. The molecule has 0 aliphatic carbocycles. The van der Waals surface area contributed by atoms with E-state index in [4.69, 9.17) is 14.2 Å². The Morgan fingerprint density at radius 1 is 0.247 bits per heavy atom. The van der Waals surface area contributed by atoms with Crippen LogP contribution in [-0.2, 0) is 28.6 Å². The first-order valence-electron chi connectivity index (χ1n) is 35.4. The van der Waals surface area contributed by atoms with Gasteiger partial charge in [-0.15, -0.1) is 0 Å². The van der Waals surface area contributed by atoms with Crippen LogP contribution in [0.25, 0.3) is 0 Å². The van der Waals surface area contributed by atoms with Crippen molar-refractivity contribution in [2.45, 2.75) is 374 Å². The highest BCUT2D eigenvalue weighted by Gasteiger charge is 2.19. The molecule has 0 aromatic rings.